The first-order chi connectivity index (χ1) is 21.8. The summed E-state index contributed by atoms with van der Waals surface area (Å²) in [6.45, 7) is 17.1. The van der Waals surface area contributed by atoms with Crippen molar-refractivity contribution in [3.05, 3.63) is 12.7 Å². The normalized spacial score (nSPS) is 11.3. The minimum atomic E-state index is -0.450. The molecular formula is C33H64O11. The third-order valence-corrected chi connectivity index (χ3v) is 6.03. The van der Waals surface area contributed by atoms with Crippen LogP contribution in [0.25, 0.3) is 0 Å². The molecule has 0 aromatic carbocycles. The summed E-state index contributed by atoms with van der Waals surface area (Å²) in [7, 11) is 0. The third kappa shape index (κ3) is 38.9. The minimum absolute atomic E-state index is 0.209. The minimum Gasteiger partial charge on any atom is -0.460 e. The van der Waals surface area contributed by atoms with Crippen LogP contribution in [-0.4, -0.2) is 132 Å². The number of hydrogen-bond acceptors (Lipinski definition) is 11. The quantitative estimate of drug-likeness (QED) is 0.0528. The highest BCUT2D eigenvalue weighted by Gasteiger charge is 1.98. The Labute approximate surface area is 267 Å². The van der Waals surface area contributed by atoms with Crippen molar-refractivity contribution in [3.63, 3.8) is 0 Å². The fourth-order valence-electron chi connectivity index (χ4n) is 3.66. The van der Waals surface area contributed by atoms with Crippen LogP contribution in [-0.2, 0) is 52.2 Å². The van der Waals surface area contributed by atoms with Gasteiger partial charge in [0.05, 0.1) is 46.2 Å². The van der Waals surface area contributed by atoms with E-state index in [2.05, 4.69) is 13.5 Å². The van der Waals surface area contributed by atoms with E-state index in [4.69, 9.17) is 47.4 Å². The first-order valence-electron chi connectivity index (χ1n) is 16.8. The van der Waals surface area contributed by atoms with Crippen LogP contribution in [0.3, 0.4) is 0 Å². The van der Waals surface area contributed by atoms with E-state index < -0.39 is 5.97 Å². The summed E-state index contributed by atoms with van der Waals surface area (Å²) in [6, 6.07) is 0. The predicted octanol–water partition coefficient (Wildman–Crippen LogP) is 4.79. The van der Waals surface area contributed by atoms with E-state index in [0.717, 1.165) is 77.8 Å². The Morgan fingerprint density at radius 1 is 0.386 bits per heavy atom. The molecule has 0 aromatic rings. The molecule has 0 unspecified atom stereocenters. The monoisotopic (exact) mass is 636 g/mol. The van der Waals surface area contributed by atoms with Crippen LogP contribution in [0.4, 0.5) is 0 Å². The van der Waals surface area contributed by atoms with Crippen molar-refractivity contribution in [3.8, 4) is 0 Å². The number of ether oxygens (including phenoxy) is 10. The van der Waals surface area contributed by atoms with Gasteiger partial charge in [-0.1, -0.05) is 39.2 Å². The van der Waals surface area contributed by atoms with E-state index in [0.29, 0.717) is 79.3 Å². The van der Waals surface area contributed by atoms with Crippen molar-refractivity contribution in [2.24, 2.45) is 0 Å². The SMILES string of the molecule is C=CC(=O)OCCOCCOCCOCCOCCCOCCCOCCCOCCCOCCCOCCCCCCC. The molecule has 0 atom stereocenters. The Morgan fingerprint density at radius 3 is 1.00 bits per heavy atom. The number of rotatable bonds is 39. The van der Waals surface area contributed by atoms with Gasteiger partial charge in [0.1, 0.15) is 6.61 Å². The molecule has 0 bridgehead atoms. The molecule has 0 aliphatic heterocycles. The molecule has 11 heteroatoms. The van der Waals surface area contributed by atoms with Gasteiger partial charge in [-0.3, -0.25) is 0 Å². The van der Waals surface area contributed by atoms with Gasteiger partial charge in [0.15, 0.2) is 0 Å². The fraction of sp³-hybridized carbons (Fsp3) is 0.909. The molecule has 11 nitrogen and oxygen atoms in total. The Kier molecular flexibility index (Phi) is 38.8. The number of esters is 1. The fourth-order valence-corrected chi connectivity index (χ4v) is 3.66. The van der Waals surface area contributed by atoms with Gasteiger partial charge in [0.25, 0.3) is 0 Å². The first kappa shape index (κ1) is 42.9. The summed E-state index contributed by atoms with van der Waals surface area (Å²) < 4.78 is 54.6. The molecule has 44 heavy (non-hydrogen) atoms. The third-order valence-electron chi connectivity index (χ3n) is 6.03. The molecule has 0 amide bonds. The Morgan fingerprint density at radius 2 is 0.659 bits per heavy atom. The van der Waals surface area contributed by atoms with Crippen molar-refractivity contribution in [1.29, 1.82) is 0 Å². The summed E-state index contributed by atoms with van der Waals surface area (Å²) in [5, 5.41) is 0. The van der Waals surface area contributed by atoms with Gasteiger partial charge in [0.2, 0.25) is 0 Å². The number of hydrogen-bond donors (Lipinski definition) is 0. The van der Waals surface area contributed by atoms with Gasteiger partial charge in [-0.25, -0.2) is 4.79 Å². The summed E-state index contributed by atoms with van der Waals surface area (Å²) in [5.41, 5.74) is 0. The zero-order valence-electron chi connectivity index (χ0n) is 27.8. The van der Waals surface area contributed by atoms with E-state index in [1.54, 1.807) is 0 Å². The van der Waals surface area contributed by atoms with Gasteiger partial charge in [-0.2, -0.15) is 0 Å². The molecule has 0 rings (SSSR count). The van der Waals surface area contributed by atoms with Crippen LogP contribution in [0.2, 0.25) is 0 Å². The zero-order valence-corrected chi connectivity index (χ0v) is 27.8. The summed E-state index contributed by atoms with van der Waals surface area (Å²) in [6.07, 6.45) is 12.0. The number of carbonyl (C=O) groups is 1. The second-order valence-electron chi connectivity index (χ2n) is 10.1. The van der Waals surface area contributed by atoms with E-state index in [1.807, 2.05) is 0 Å². The van der Waals surface area contributed by atoms with Crippen molar-refractivity contribution in [2.45, 2.75) is 71.1 Å². The lowest BCUT2D eigenvalue weighted by Crippen LogP contribution is -2.14. The van der Waals surface area contributed by atoms with Gasteiger partial charge in [-0.05, 0) is 38.5 Å². The molecule has 0 saturated carbocycles. The molecule has 0 saturated heterocycles. The van der Waals surface area contributed by atoms with E-state index >= 15 is 0 Å². The van der Waals surface area contributed by atoms with E-state index in [9.17, 15) is 4.79 Å². The summed E-state index contributed by atoms with van der Waals surface area (Å²) in [5.74, 6) is -0.450. The highest BCUT2D eigenvalue weighted by atomic mass is 16.6. The maximum absolute atomic E-state index is 10.8. The Balaban J connectivity index is 3.05. The summed E-state index contributed by atoms with van der Waals surface area (Å²) in [4.78, 5) is 10.8. The molecule has 0 fully saturated rings. The maximum atomic E-state index is 10.8. The zero-order chi connectivity index (χ0) is 31.9. The topological polar surface area (TPSA) is 109 Å². The van der Waals surface area contributed by atoms with E-state index in [-0.39, 0.29) is 6.61 Å². The van der Waals surface area contributed by atoms with Crippen molar-refractivity contribution >= 4 is 5.97 Å². The lowest BCUT2D eigenvalue weighted by Gasteiger charge is -2.08. The van der Waals surface area contributed by atoms with Crippen LogP contribution in [0.5, 0.6) is 0 Å². The van der Waals surface area contributed by atoms with Crippen LogP contribution in [0, 0.1) is 0 Å². The van der Waals surface area contributed by atoms with Crippen LogP contribution in [0.15, 0.2) is 12.7 Å². The van der Waals surface area contributed by atoms with Gasteiger partial charge in [0, 0.05) is 78.8 Å². The maximum Gasteiger partial charge on any atom is 0.330 e. The van der Waals surface area contributed by atoms with Crippen LogP contribution in [0.1, 0.15) is 71.1 Å². The first-order valence-corrected chi connectivity index (χ1v) is 16.8. The number of unbranched alkanes of at least 4 members (excludes halogenated alkanes) is 4. The molecule has 0 N–H and O–H groups in total. The molecule has 0 radical (unpaired) electrons. The molecular weight excluding hydrogens is 572 g/mol. The van der Waals surface area contributed by atoms with Gasteiger partial charge < -0.3 is 47.4 Å². The number of carbonyl (C=O) groups excluding carboxylic acids is 1. The Hall–Kier alpha value is -1.15. The van der Waals surface area contributed by atoms with Crippen LogP contribution >= 0.6 is 0 Å². The van der Waals surface area contributed by atoms with Gasteiger partial charge in [-0.15, -0.1) is 0 Å². The standard InChI is InChI=1S/C33H64O11/c1-3-5-6-7-8-14-35-15-9-16-36-17-10-18-37-19-11-20-38-21-12-22-39-23-13-24-40-25-26-41-27-28-42-29-30-43-31-32-44-33(34)4-2/h4H,2-3,5-32H2,1H3. The summed E-state index contributed by atoms with van der Waals surface area (Å²) >= 11 is 0. The average Bonchev–Trinajstić information content (AvgIpc) is 3.04. The molecule has 262 valence electrons. The average molecular weight is 637 g/mol. The highest BCUT2D eigenvalue weighted by Crippen LogP contribution is 2.02. The molecule has 0 aliphatic rings. The van der Waals surface area contributed by atoms with E-state index in [1.165, 1.54) is 32.1 Å². The van der Waals surface area contributed by atoms with Crippen molar-refractivity contribution in [2.75, 3.05) is 126 Å². The van der Waals surface area contributed by atoms with Crippen molar-refractivity contribution in [1.82, 2.24) is 0 Å². The lowest BCUT2D eigenvalue weighted by atomic mass is 10.2. The second kappa shape index (κ2) is 39.9. The van der Waals surface area contributed by atoms with Crippen LogP contribution < -0.4 is 0 Å². The van der Waals surface area contributed by atoms with Gasteiger partial charge >= 0.3 is 5.97 Å². The second-order valence-corrected chi connectivity index (χ2v) is 10.1. The molecule has 0 aliphatic carbocycles. The lowest BCUT2D eigenvalue weighted by molar-refractivity contribution is -0.139. The predicted molar refractivity (Wildman–Crippen MR) is 170 cm³/mol. The highest BCUT2D eigenvalue weighted by molar-refractivity contribution is 5.81. The van der Waals surface area contributed by atoms with Crippen molar-refractivity contribution < 1.29 is 52.2 Å². The Bertz CT molecular complexity index is 566. The molecule has 0 spiro atoms. The largest absolute Gasteiger partial charge is 0.460 e. The smallest absolute Gasteiger partial charge is 0.330 e. The molecule has 0 heterocycles. The molecule has 0 aromatic heterocycles.